The average molecular weight is 601 g/mol. The lowest BCUT2D eigenvalue weighted by Gasteiger charge is -2.20. The normalized spacial score (nSPS) is 12.5. The van der Waals surface area contributed by atoms with Gasteiger partial charge in [0, 0.05) is 32.9 Å². The third kappa shape index (κ3) is 4.79. The van der Waals surface area contributed by atoms with Crippen LogP contribution in [0.15, 0.2) is 110 Å². The highest BCUT2D eigenvalue weighted by atomic mass is 15.0. The molecule has 7 rings (SSSR count). The van der Waals surface area contributed by atoms with Crippen molar-refractivity contribution in [2.24, 2.45) is 0 Å². The SMILES string of the molecule is C=C(C)c1ccc2c3ccc(C(C)(C)C)cc3n(-c3cccc(-n4c5cc(C(=C)C)ccc5c5ccc(C(C)(C)C)cc54)c3)c2c1. The van der Waals surface area contributed by atoms with Gasteiger partial charge in [0.05, 0.1) is 22.1 Å². The number of allylic oxidation sites excluding steroid dienone is 2. The highest BCUT2D eigenvalue weighted by Crippen LogP contribution is 2.39. The molecule has 0 aliphatic carbocycles. The molecule has 5 aromatic carbocycles. The molecule has 0 saturated heterocycles. The van der Waals surface area contributed by atoms with Crippen molar-refractivity contribution in [3.63, 3.8) is 0 Å². The molecule has 0 aliphatic heterocycles. The summed E-state index contributed by atoms with van der Waals surface area (Å²) in [6.07, 6.45) is 0. The van der Waals surface area contributed by atoms with E-state index in [1.54, 1.807) is 0 Å². The summed E-state index contributed by atoms with van der Waals surface area (Å²) in [4.78, 5) is 0. The largest absolute Gasteiger partial charge is 0.309 e. The smallest absolute Gasteiger partial charge is 0.0547 e. The van der Waals surface area contributed by atoms with E-state index in [1.807, 2.05) is 0 Å². The van der Waals surface area contributed by atoms with Gasteiger partial charge in [0.25, 0.3) is 0 Å². The lowest BCUT2D eigenvalue weighted by Crippen LogP contribution is -2.11. The van der Waals surface area contributed by atoms with E-state index >= 15 is 0 Å². The fraction of sp³-hybridized carbons (Fsp3) is 0.227. The Hall–Kier alpha value is -4.82. The van der Waals surface area contributed by atoms with Crippen LogP contribution >= 0.6 is 0 Å². The lowest BCUT2D eigenvalue weighted by molar-refractivity contribution is 0.590. The number of benzene rings is 5. The van der Waals surface area contributed by atoms with Gasteiger partial charge in [-0.2, -0.15) is 0 Å². The monoisotopic (exact) mass is 600 g/mol. The first-order chi connectivity index (χ1) is 21.7. The second-order valence-electron chi connectivity index (χ2n) is 15.2. The average Bonchev–Trinajstić information content (AvgIpc) is 3.51. The molecule has 2 nitrogen and oxygen atoms in total. The van der Waals surface area contributed by atoms with E-state index in [4.69, 9.17) is 0 Å². The van der Waals surface area contributed by atoms with E-state index in [2.05, 4.69) is 175 Å². The molecule has 0 bridgehead atoms. The predicted molar refractivity (Wildman–Crippen MR) is 202 cm³/mol. The number of nitrogens with zero attached hydrogens (tertiary/aromatic N) is 2. The molecule has 2 aromatic heterocycles. The van der Waals surface area contributed by atoms with Crippen LogP contribution in [0.4, 0.5) is 0 Å². The summed E-state index contributed by atoms with van der Waals surface area (Å²) in [6.45, 7) is 26.4. The highest BCUT2D eigenvalue weighted by molar-refractivity contribution is 6.11. The van der Waals surface area contributed by atoms with Gasteiger partial charge in [0.1, 0.15) is 0 Å². The maximum Gasteiger partial charge on any atom is 0.0547 e. The zero-order valence-corrected chi connectivity index (χ0v) is 28.5. The minimum atomic E-state index is 0.0366. The standard InChI is InChI=1S/C44H44N2/c1-27(2)29-14-18-35-37-20-16-31(43(5,6)7)24-41(37)45(39(35)22-29)33-12-11-13-34(26-33)46-40-23-30(28(3)4)15-19-36(40)38-21-17-32(25-42(38)46)44(8,9)10/h11-26H,1,3H2,2,4-10H3. The number of rotatable bonds is 4. The Labute approximate surface area is 273 Å². The quantitative estimate of drug-likeness (QED) is 0.190. The minimum absolute atomic E-state index is 0.0366. The van der Waals surface area contributed by atoms with Gasteiger partial charge in [-0.15, -0.1) is 0 Å². The van der Waals surface area contributed by atoms with Crippen molar-refractivity contribution in [2.75, 3.05) is 0 Å². The van der Waals surface area contributed by atoms with Crippen LogP contribution in [0.25, 0.3) is 66.1 Å². The molecule has 0 N–H and O–H groups in total. The van der Waals surface area contributed by atoms with Crippen LogP contribution < -0.4 is 0 Å². The summed E-state index contributed by atoms with van der Waals surface area (Å²) >= 11 is 0. The highest BCUT2D eigenvalue weighted by Gasteiger charge is 2.21. The summed E-state index contributed by atoms with van der Waals surface area (Å²) in [5.74, 6) is 0. The number of hydrogen-bond donors (Lipinski definition) is 0. The second-order valence-corrected chi connectivity index (χ2v) is 15.2. The molecule has 230 valence electrons. The maximum atomic E-state index is 4.27. The predicted octanol–water partition coefficient (Wildman–Crippen LogP) is 12.5. The Morgan fingerprint density at radius 1 is 0.457 bits per heavy atom. The molecule has 0 fully saturated rings. The number of hydrogen-bond acceptors (Lipinski definition) is 0. The molecule has 2 heterocycles. The van der Waals surface area contributed by atoms with Gasteiger partial charge in [0.15, 0.2) is 0 Å². The van der Waals surface area contributed by atoms with Gasteiger partial charge in [-0.05, 0) is 89.4 Å². The molecule has 0 radical (unpaired) electrons. The van der Waals surface area contributed by atoms with E-state index in [-0.39, 0.29) is 10.8 Å². The topological polar surface area (TPSA) is 9.86 Å². The van der Waals surface area contributed by atoms with Gasteiger partial charge in [-0.1, -0.05) is 120 Å². The minimum Gasteiger partial charge on any atom is -0.309 e. The van der Waals surface area contributed by atoms with E-state index in [0.29, 0.717) is 0 Å². The van der Waals surface area contributed by atoms with Crippen LogP contribution in [0.3, 0.4) is 0 Å². The molecule has 0 atom stereocenters. The Kier molecular flexibility index (Phi) is 6.72. The van der Waals surface area contributed by atoms with Crippen LogP contribution in [-0.2, 0) is 10.8 Å². The molecule has 0 aliphatic rings. The molecule has 0 saturated carbocycles. The zero-order valence-electron chi connectivity index (χ0n) is 28.5. The molecular weight excluding hydrogens is 556 g/mol. The van der Waals surface area contributed by atoms with Crippen LogP contribution in [0.1, 0.15) is 77.6 Å². The summed E-state index contributed by atoms with van der Waals surface area (Å²) in [5, 5.41) is 5.03. The van der Waals surface area contributed by atoms with Crippen molar-refractivity contribution in [1.82, 2.24) is 9.13 Å². The fourth-order valence-electron chi connectivity index (χ4n) is 6.83. The van der Waals surface area contributed by atoms with Crippen molar-refractivity contribution < 1.29 is 0 Å². The van der Waals surface area contributed by atoms with Crippen LogP contribution in [-0.4, -0.2) is 9.13 Å². The molecule has 0 spiro atoms. The van der Waals surface area contributed by atoms with E-state index in [0.717, 1.165) is 33.6 Å². The maximum absolute atomic E-state index is 4.27. The van der Waals surface area contributed by atoms with Gasteiger partial charge >= 0.3 is 0 Å². The van der Waals surface area contributed by atoms with Crippen LogP contribution in [0, 0.1) is 0 Å². The van der Waals surface area contributed by atoms with E-state index in [1.165, 1.54) is 54.7 Å². The number of fused-ring (bicyclic) bond motifs is 6. The van der Waals surface area contributed by atoms with Gasteiger partial charge in [-0.25, -0.2) is 0 Å². The summed E-state index contributed by atoms with van der Waals surface area (Å²) in [7, 11) is 0. The van der Waals surface area contributed by atoms with Crippen molar-refractivity contribution in [2.45, 2.75) is 66.2 Å². The molecule has 0 unspecified atom stereocenters. The Bertz CT molecular complexity index is 2210. The first-order valence-electron chi connectivity index (χ1n) is 16.3. The van der Waals surface area contributed by atoms with Gasteiger partial charge in [-0.3, -0.25) is 0 Å². The summed E-state index contributed by atoms with van der Waals surface area (Å²) in [6, 6.07) is 36.5. The zero-order chi connectivity index (χ0) is 32.7. The Balaban J connectivity index is 1.57. The van der Waals surface area contributed by atoms with Crippen molar-refractivity contribution in [1.29, 1.82) is 0 Å². The Morgan fingerprint density at radius 3 is 1.15 bits per heavy atom. The van der Waals surface area contributed by atoms with Crippen molar-refractivity contribution >= 4 is 54.8 Å². The van der Waals surface area contributed by atoms with E-state index < -0.39 is 0 Å². The molecule has 0 amide bonds. The molecule has 7 aromatic rings. The van der Waals surface area contributed by atoms with Gasteiger partial charge in [0.2, 0.25) is 0 Å². The van der Waals surface area contributed by atoms with E-state index in [9.17, 15) is 0 Å². The molecule has 2 heteroatoms. The summed E-state index contributed by atoms with van der Waals surface area (Å²) in [5.41, 5.74) is 14.3. The number of aromatic nitrogens is 2. The summed E-state index contributed by atoms with van der Waals surface area (Å²) < 4.78 is 4.90. The fourth-order valence-corrected chi connectivity index (χ4v) is 6.83. The van der Waals surface area contributed by atoms with Crippen LogP contribution in [0.2, 0.25) is 0 Å². The van der Waals surface area contributed by atoms with Crippen LogP contribution in [0.5, 0.6) is 0 Å². The lowest BCUT2D eigenvalue weighted by atomic mass is 9.86. The molecule has 46 heavy (non-hydrogen) atoms. The van der Waals surface area contributed by atoms with Crippen molar-refractivity contribution in [3.05, 3.63) is 132 Å². The third-order valence-electron chi connectivity index (χ3n) is 9.60. The molecular formula is C44H44N2. The first kappa shape index (κ1) is 29.9. The second kappa shape index (κ2) is 10.4. The Morgan fingerprint density at radius 2 is 0.804 bits per heavy atom. The van der Waals surface area contributed by atoms with Gasteiger partial charge < -0.3 is 9.13 Å². The third-order valence-corrected chi connectivity index (χ3v) is 9.60. The van der Waals surface area contributed by atoms with Crippen molar-refractivity contribution in [3.8, 4) is 11.4 Å². The first-order valence-corrected chi connectivity index (χ1v) is 16.3.